The lowest BCUT2D eigenvalue weighted by molar-refractivity contribution is -0.0622. The molecule has 0 saturated heterocycles. The number of fused-ring (bicyclic) bond motifs is 1. The summed E-state index contributed by atoms with van der Waals surface area (Å²) in [6.45, 7) is 46.2. The fourth-order valence-corrected chi connectivity index (χ4v) is 29.8. The van der Waals surface area contributed by atoms with Gasteiger partial charge < -0.3 is 18.0 Å². The summed E-state index contributed by atoms with van der Waals surface area (Å²) in [5, 5.41) is 0.834. The van der Waals surface area contributed by atoms with Crippen LogP contribution in [0.3, 0.4) is 0 Å². The maximum Gasteiger partial charge on any atom is 0.268 e. The van der Waals surface area contributed by atoms with Crippen LogP contribution in [0.1, 0.15) is 141 Å². The lowest BCUT2D eigenvalue weighted by Gasteiger charge is -2.52. The van der Waals surface area contributed by atoms with E-state index in [0.717, 1.165) is 16.5 Å². The fourth-order valence-electron chi connectivity index (χ4n) is 11.8. The van der Waals surface area contributed by atoms with Crippen LogP contribution in [-0.2, 0) is 28.0 Å². The van der Waals surface area contributed by atoms with Crippen molar-refractivity contribution in [2.24, 2.45) is 0 Å². The number of ether oxygens (including phenoxy) is 1. The molecule has 11 heteroatoms. The molecule has 0 N–H and O–H groups in total. The van der Waals surface area contributed by atoms with Gasteiger partial charge in [-0.15, -0.1) is 0 Å². The maximum absolute atomic E-state index is 15.0. The van der Waals surface area contributed by atoms with E-state index < -0.39 is 53.3 Å². The molecule has 1 aliphatic rings. The summed E-state index contributed by atoms with van der Waals surface area (Å²) >= 11 is 0. The second-order valence-corrected chi connectivity index (χ2v) is 38.9. The molecular formula is C49H83NO6SSi3. The lowest BCUT2D eigenvalue weighted by atomic mass is 10.0. The number of rotatable bonds is 19. The number of aryl methyl sites for hydroxylation is 2. The van der Waals surface area contributed by atoms with Crippen LogP contribution >= 0.6 is 0 Å². The molecule has 60 heavy (non-hydrogen) atoms. The summed E-state index contributed by atoms with van der Waals surface area (Å²) in [4.78, 5) is 0.228. The zero-order chi connectivity index (χ0) is 45.4. The summed E-state index contributed by atoms with van der Waals surface area (Å²) in [5.41, 5.74) is 6.16. The predicted octanol–water partition coefficient (Wildman–Crippen LogP) is 14.5. The molecule has 0 unspecified atom stereocenters. The molecule has 0 aliphatic carbocycles. The Morgan fingerprint density at radius 1 is 0.583 bits per heavy atom. The summed E-state index contributed by atoms with van der Waals surface area (Å²) in [5.74, 6) is 0.494. The standard InChI is InChI=1S/C49H83NO6SSi3/c1-31(2)58(32(3)4,33(5)6)53-30-48-49(56-60(37(13)14,38(15)16)39(17)18)47(55-59(34(7)8,35(9)10)36(11)12)29-46(54-48)45-28-42-27-41(20)23-26-44(42)50(45)57(51,52)43-24-21-40(19)22-25-43/h21-29,31-39,47-49H,30H2,1-20H3/t47-,48-,49+/m1/s1. The summed E-state index contributed by atoms with van der Waals surface area (Å²) in [6.07, 6.45) is 0.557. The fraction of sp³-hybridized carbons (Fsp3) is 0.673. The van der Waals surface area contributed by atoms with Gasteiger partial charge in [-0.05, 0) is 100 Å². The molecule has 3 aromatic rings. The van der Waals surface area contributed by atoms with Gasteiger partial charge in [-0.3, -0.25) is 0 Å². The smallest absolute Gasteiger partial charge is 0.268 e. The minimum absolute atomic E-state index is 0.228. The Hall–Kier alpha value is -2.00. The third-order valence-electron chi connectivity index (χ3n) is 14.3. The van der Waals surface area contributed by atoms with E-state index in [1.165, 1.54) is 3.97 Å². The highest BCUT2D eigenvalue weighted by molar-refractivity contribution is 7.90. The molecule has 0 radical (unpaired) electrons. The van der Waals surface area contributed by atoms with Gasteiger partial charge in [0.1, 0.15) is 18.0 Å². The molecule has 0 saturated carbocycles. The number of benzene rings is 2. The summed E-state index contributed by atoms with van der Waals surface area (Å²) in [7, 11) is -11.6. The summed E-state index contributed by atoms with van der Waals surface area (Å²) < 4.78 is 62.2. The molecule has 4 rings (SSSR count). The SMILES string of the molecule is Cc1ccc(S(=O)(=O)n2c(C3=C[C@@H](O[Si](C(C)C)(C(C)C)C(C)C)[C@H](O[Si](C(C)C)(C(C)C)C(C)C)[C@@H](CO[Si](C(C)C)(C(C)C)C(C)C)O3)cc3cc(C)ccc32)cc1. The minimum atomic E-state index is -4.07. The molecule has 1 aliphatic heterocycles. The molecular weight excluding hydrogens is 815 g/mol. The van der Waals surface area contributed by atoms with Crippen molar-refractivity contribution in [2.75, 3.05) is 6.61 Å². The largest absolute Gasteiger partial charge is 0.483 e. The average Bonchev–Trinajstić information content (AvgIpc) is 3.51. The minimum Gasteiger partial charge on any atom is -0.483 e. The van der Waals surface area contributed by atoms with Gasteiger partial charge in [-0.2, -0.15) is 0 Å². The van der Waals surface area contributed by atoms with Gasteiger partial charge >= 0.3 is 0 Å². The van der Waals surface area contributed by atoms with Crippen LogP contribution in [0.5, 0.6) is 0 Å². The Kier molecular flexibility index (Phi) is 16.4. The highest BCUT2D eigenvalue weighted by atomic mass is 32.2. The number of aromatic nitrogens is 1. The Labute approximate surface area is 369 Å². The zero-order valence-electron chi connectivity index (χ0n) is 41.1. The van der Waals surface area contributed by atoms with Crippen molar-refractivity contribution < 1.29 is 26.4 Å². The van der Waals surface area contributed by atoms with Crippen molar-refractivity contribution in [1.29, 1.82) is 0 Å². The summed E-state index contributed by atoms with van der Waals surface area (Å²) in [6, 6.07) is 15.0. The van der Waals surface area contributed by atoms with E-state index in [9.17, 15) is 0 Å². The molecule has 7 nitrogen and oxygen atoms in total. The Balaban J connectivity index is 2.15. The Morgan fingerprint density at radius 2 is 1.02 bits per heavy atom. The van der Waals surface area contributed by atoms with E-state index in [-0.39, 0.29) is 4.90 Å². The quantitative estimate of drug-likeness (QED) is 0.112. The van der Waals surface area contributed by atoms with Gasteiger partial charge in [0.15, 0.2) is 0 Å². The lowest BCUT2D eigenvalue weighted by Crippen LogP contribution is -2.61. The highest BCUT2D eigenvalue weighted by Gasteiger charge is 2.55. The maximum atomic E-state index is 15.0. The highest BCUT2D eigenvalue weighted by Crippen LogP contribution is 2.50. The van der Waals surface area contributed by atoms with E-state index in [2.05, 4.69) is 137 Å². The van der Waals surface area contributed by atoms with Gasteiger partial charge in [0.2, 0.25) is 25.0 Å². The van der Waals surface area contributed by atoms with Gasteiger partial charge in [-0.25, -0.2) is 12.4 Å². The van der Waals surface area contributed by atoms with Gasteiger partial charge in [0.25, 0.3) is 10.0 Å². The second kappa shape index (κ2) is 19.4. The number of hydrogen-bond donors (Lipinski definition) is 0. The zero-order valence-corrected chi connectivity index (χ0v) is 45.0. The van der Waals surface area contributed by atoms with Crippen LogP contribution in [0.15, 0.2) is 59.5 Å². The number of nitrogens with zero attached hydrogens (tertiary/aromatic N) is 1. The average molecular weight is 899 g/mol. The Bertz CT molecular complexity index is 1970. The molecule has 0 amide bonds. The van der Waals surface area contributed by atoms with Crippen LogP contribution in [0, 0.1) is 13.8 Å². The van der Waals surface area contributed by atoms with E-state index in [4.69, 9.17) is 18.0 Å². The second-order valence-electron chi connectivity index (χ2n) is 20.8. The third kappa shape index (κ3) is 9.30. The predicted molar refractivity (Wildman–Crippen MR) is 262 cm³/mol. The van der Waals surface area contributed by atoms with Crippen LogP contribution in [0.4, 0.5) is 0 Å². The van der Waals surface area contributed by atoms with Crippen LogP contribution in [0.2, 0.25) is 49.9 Å². The van der Waals surface area contributed by atoms with Crippen molar-refractivity contribution in [2.45, 2.75) is 212 Å². The first-order chi connectivity index (χ1) is 27.7. The van der Waals surface area contributed by atoms with Crippen molar-refractivity contribution in [3.8, 4) is 0 Å². The monoisotopic (exact) mass is 898 g/mol. The molecule has 0 spiro atoms. The molecule has 2 heterocycles. The molecule has 338 valence electrons. The van der Waals surface area contributed by atoms with Crippen LogP contribution < -0.4 is 0 Å². The van der Waals surface area contributed by atoms with Crippen LogP contribution in [-0.4, -0.2) is 62.3 Å². The van der Waals surface area contributed by atoms with E-state index in [0.29, 0.717) is 73.4 Å². The molecule has 0 bridgehead atoms. The van der Waals surface area contributed by atoms with E-state index in [1.807, 2.05) is 44.2 Å². The third-order valence-corrected chi connectivity index (χ3v) is 34.3. The molecule has 2 aromatic carbocycles. The van der Waals surface area contributed by atoms with Crippen molar-refractivity contribution in [3.05, 3.63) is 71.4 Å². The molecule has 0 fully saturated rings. The van der Waals surface area contributed by atoms with Gasteiger partial charge in [0.05, 0.1) is 28.8 Å². The van der Waals surface area contributed by atoms with Crippen molar-refractivity contribution in [3.63, 3.8) is 0 Å². The Morgan fingerprint density at radius 3 is 1.47 bits per heavy atom. The number of hydrogen-bond acceptors (Lipinski definition) is 6. The van der Waals surface area contributed by atoms with Crippen molar-refractivity contribution in [1.82, 2.24) is 3.97 Å². The molecule has 3 atom stereocenters. The normalized spacial score (nSPS) is 18.8. The topological polar surface area (TPSA) is 76.0 Å². The first-order valence-corrected chi connectivity index (χ1v) is 30.9. The van der Waals surface area contributed by atoms with E-state index >= 15 is 8.42 Å². The van der Waals surface area contributed by atoms with Crippen LogP contribution in [0.25, 0.3) is 16.7 Å². The first kappa shape index (κ1) is 50.6. The first-order valence-electron chi connectivity index (χ1n) is 23.1. The molecule has 1 aromatic heterocycles. The van der Waals surface area contributed by atoms with Gasteiger partial charge in [0, 0.05) is 5.39 Å². The van der Waals surface area contributed by atoms with Gasteiger partial charge in [-0.1, -0.05) is 154 Å². The van der Waals surface area contributed by atoms with Crippen molar-refractivity contribution >= 4 is 51.6 Å². The van der Waals surface area contributed by atoms with E-state index in [1.54, 1.807) is 12.1 Å².